The molecule has 132 valence electrons. The molecule has 25 heavy (non-hydrogen) atoms. The molecule has 5 nitrogen and oxygen atoms in total. The minimum Gasteiger partial charge on any atom is -0.467 e. The second kappa shape index (κ2) is 9.34. The van der Waals surface area contributed by atoms with Crippen molar-refractivity contribution in [3.8, 4) is 0 Å². The minimum atomic E-state index is -0.798. The van der Waals surface area contributed by atoms with Crippen LogP contribution in [0.5, 0.6) is 0 Å². The van der Waals surface area contributed by atoms with Crippen molar-refractivity contribution in [3.63, 3.8) is 0 Å². The molecule has 0 aliphatic heterocycles. The van der Waals surface area contributed by atoms with E-state index >= 15 is 0 Å². The van der Waals surface area contributed by atoms with Crippen LogP contribution in [0.15, 0.2) is 59.1 Å². The lowest BCUT2D eigenvalue weighted by Gasteiger charge is -2.21. The van der Waals surface area contributed by atoms with Crippen LogP contribution in [0.3, 0.4) is 0 Å². The lowest BCUT2D eigenvalue weighted by atomic mass is 10.0. The number of carbonyl (C=O) groups is 2. The van der Waals surface area contributed by atoms with Gasteiger partial charge >= 0.3 is 5.97 Å². The Balaban J connectivity index is 2.15. The number of nitrogens with one attached hydrogen (secondary N) is 1. The molecule has 1 N–H and O–H groups in total. The summed E-state index contributed by atoms with van der Waals surface area (Å²) >= 11 is 3.40. The third-order valence-corrected chi connectivity index (χ3v) is 4.20. The van der Waals surface area contributed by atoms with E-state index in [1.54, 1.807) is 12.1 Å². The lowest BCUT2D eigenvalue weighted by Crippen LogP contribution is -2.45. The quantitative estimate of drug-likeness (QED) is 0.718. The summed E-state index contributed by atoms with van der Waals surface area (Å²) in [5, 5.41) is 2.73. The Labute approximate surface area is 155 Å². The van der Waals surface area contributed by atoms with Gasteiger partial charge in [-0.25, -0.2) is 4.79 Å². The zero-order valence-corrected chi connectivity index (χ0v) is 15.7. The molecule has 0 aromatic heterocycles. The standard InChI is InChI=1S/C19H20BrNO4/c1-24-17(14-8-4-3-5-9-14)18(22)21-16(19(23)25-2)12-13-7-6-10-15(20)11-13/h3-11,16-17H,12H2,1-2H3,(H,21,22)/t16-,17+/m0/s1. The number of rotatable bonds is 7. The van der Waals surface area contributed by atoms with Crippen LogP contribution >= 0.6 is 15.9 Å². The monoisotopic (exact) mass is 405 g/mol. The van der Waals surface area contributed by atoms with Gasteiger partial charge in [-0.15, -0.1) is 0 Å². The number of ether oxygens (including phenoxy) is 2. The summed E-state index contributed by atoms with van der Waals surface area (Å²) in [5.41, 5.74) is 1.62. The summed E-state index contributed by atoms with van der Waals surface area (Å²) in [4.78, 5) is 24.7. The van der Waals surface area contributed by atoms with E-state index in [9.17, 15) is 9.59 Å². The Morgan fingerprint density at radius 1 is 1.08 bits per heavy atom. The summed E-state index contributed by atoms with van der Waals surface area (Å²) in [7, 11) is 2.76. The highest BCUT2D eigenvalue weighted by Gasteiger charge is 2.27. The maximum Gasteiger partial charge on any atom is 0.328 e. The van der Waals surface area contributed by atoms with E-state index in [0.29, 0.717) is 12.0 Å². The first-order valence-corrected chi connectivity index (χ1v) is 8.55. The molecule has 0 unspecified atom stereocenters. The van der Waals surface area contributed by atoms with Crippen LogP contribution < -0.4 is 5.32 Å². The normalized spacial score (nSPS) is 12.9. The Morgan fingerprint density at radius 3 is 2.40 bits per heavy atom. The first kappa shape index (κ1) is 19.1. The van der Waals surface area contributed by atoms with Crippen molar-refractivity contribution in [2.24, 2.45) is 0 Å². The number of hydrogen-bond acceptors (Lipinski definition) is 4. The van der Waals surface area contributed by atoms with Gasteiger partial charge in [-0.05, 0) is 23.3 Å². The van der Waals surface area contributed by atoms with Crippen molar-refractivity contribution in [1.82, 2.24) is 5.32 Å². The number of esters is 1. The number of carbonyl (C=O) groups excluding carboxylic acids is 2. The highest BCUT2D eigenvalue weighted by atomic mass is 79.9. The van der Waals surface area contributed by atoms with Crippen molar-refractivity contribution in [2.45, 2.75) is 18.6 Å². The van der Waals surface area contributed by atoms with Crippen molar-refractivity contribution in [3.05, 3.63) is 70.2 Å². The van der Waals surface area contributed by atoms with Crippen molar-refractivity contribution in [2.75, 3.05) is 14.2 Å². The van der Waals surface area contributed by atoms with E-state index in [0.717, 1.165) is 10.0 Å². The minimum absolute atomic E-state index is 0.322. The van der Waals surface area contributed by atoms with Crippen LogP contribution in [0.1, 0.15) is 17.2 Å². The molecule has 2 aromatic carbocycles. The Kier molecular flexibility index (Phi) is 7.16. The molecule has 2 atom stereocenters. The van der Waals surface area contributed by atoms with Gasteiger partial charge in [0.15, 0.2) is 6.10 Å². The molecular formula is C19H20BrNO4. The third kappa shape index (κ3) is 5.41. The molecule has 2 rings (SSSR count). The molecule has 0 saturated carbocycles. The number of hydrogen-bond donors (Lipinski definition) is 1. The Hall–Kier alpha value is -2.18. The zero-order valence-electron chi connectivity index (χ0n) is 14.1. The summed E-state index contributed by atoms with van der Waals surface area (Å²) in [6.45, 7) is 0. The molecule has 6 heteroatoms. The average molecular weight is 406 g/mol. The molecule has 0 radical (unpaired) electrons. The van der Waals surface area contributed by atoms with E-state index in [4.69, 9.17) is 9.47 Å². The molecule has 0 aliphatic rings. The SMILES string of the molecule is COC(=O)[C@H](Cc1cccc(Br)c1)NC(=O)[C@H](OC)c1ccccc1. The Morgan fingerprint density at radius 2 is 1.80 bits per heavy atom. The third-order valence-electron chi connectivity index (χ3n) is 3.71. The van der Waals surface area contributed by atoms with Gasteiger partial charge in [-0.2, -0.15) is 0 Å². The van der Waals surface area contributed by atoms with Crippen LogP contribution in [0.2, 0.25) is 0 Å². The largest absolute Gasteiger partial charge is 0.467 e. The highest BCUT2D eigenvalue weighted by molar-refractivity contribution is 9.10. The van der Waals surface area contributed by atoms with Crippen LogP contribution in [0.4, 0.5) is 0 Å². The van der Waals surface area contributed by atoms with E-state index < -0.39 is 18.1 Å². The van der Waals surface area contributed by atoms with Crippen molar-refractivity contribution in [1.29, 1.82) is 0 Å². The molecular weight excluding hydrogens is 386 g/mol. The fraction of sp³-hybridized carbons (Fsp3) is 0.263. The van der Waals surface area contributed by atoms with Crippen LogP contribution in [-0.2, 0) is 25.5 Å². The van der Waals surface area contributed by atoms with Gasteiger partial charge in [-0.3, -0.25) is 4.79 Å². The second-order valence-corrected chi connectivity index (χ2v) is 6.36. The van der Waals surface area contributed by atoms with Gasteiger partial charge in [0.2, 0.25) is 0 Å². The summed E-state index contributed by atoms with van der Waals surface area (Å²) in [6.07, 6.45) is -0.473. The molecule has 0 fully saturated rings. The first-order chi connectivity index (χ1) is 12.0. The number of benzene rings is 2. The van der Waals surface area contributed by atoms with Crippen molar-refractivity contribution < 1.29 is 19.1 Å². The maximum atomic E-state index is 12.6. The molecule has 0 heterocycles. The van der Waals surface area contributed by atoms with Crippen LogP contribution in [0.25, 0.3) is 0 Å². The first-order valence-electron chi connectivity index (χ1n) is 7.75. The van der Waals surface area contributed by atoms with Crippen LogP contribution in [0, 0.1) is 0 Å². The summed E-state index contributed by atoms with van der Waals surface area (Å²) in [5.74, 6) is -0.893. The van der Waals surface area contributed by atoms with E-state index in [-0.39, 0.29) is 5.91 Å². The topological polar surface area (TPSA) is 64.6 Å². The molecule has 0 bridgehead atoms. The Bertz CT molecular complexity index is 720. The maximum absolute atomic E-state index is 12.6. The van der Waals surface area contributed by atoms with E-state index in [1.807, 2.05) is 42.5 Å². The fourth-order valence-corrected chi connectivity index (χ4v) is 2.95. The van der Waals surface area contributed by atoms with Crippen LogP contribution in [-0.4, -0.2) is 32.1 Å². The second-order valence-electron chi connectivity index (χ2n) is 5.44. The van der Waals surface area contributed by atoms with E-state index in [2.05, 4.69) is 21.2 Å². The van der Waals surface area contributed by atoms with E-state index in [1.165, 1.54) is 14.2 Å². The zero-order chi connectivity index (χ0) is 18.2. The number of amides is 1. The van der Waals surface area contributed by atoms with Gasteiger partial charge in [0.05, 0.1) is 7.11 Å². The van der Waals surface area contributed by atoms with Gasteiger partial charge in [-0.1, -0.05) is 58.4 Å². The average Bonchev–Trinajstić information content (AvgIpc) is 2.62. The smallest absolute Gasteiger partial charge is 0.328 e. The summed E-state index contributed by atoms with van der Waals surface area (Å²) < 4.78 is 11.0. The fourth-order valence-electron chi connectivity index (χ4n) is 2.50. The van der Waals surface area contributed by atoms with Crippen molar-refractivity contribution >= 4 is 27.8 Å². The molecule has 0 spiro atoms. The predicted molar refractivity (Wildman–Crippen MR) is 98.0 cm³/mol. The molecule has 0 aliphatic carbocycles. The van der Waals surface area contributed by atoms with Gasteiger partial charge < -0.3 is 14.8 Å². The highest BCUT2D eigenvalue weighted by Crippen LogP contribution is 2.18. The lowest BCUT2D eigenvalue weighted by molar-refractivity contribution is -0.146. The number of methoxy groups -OCH3 is 2. The number of halogens is 1. The summed E-state index contributed by atoms with van der Waals surface area (Å²) in [6, 6.07) is 15.9. The molecule has 2 aromatic rings. The molecule has 1 amide bonds. The molecule has 0 saturated heterocycles. The predicted octanol–water partition coefficient (Wildman–Crippen LogP) is 3.04. The van der Waals surface area contributed by atoms with Gasteiger partial charge in [0.1, 0.15) is 6.04 Å². The van der Waals surface area contributed by atoms with Gasteiger partial charge in [0, 0.05) is 18.0 Å². The van der Waals surface area contributed by atoms with Gasteiger partial charge in [0.25, 0.3) is 5.91 Å².